The van der Waals surface area contributed by atoms with Crippen molar-refractivity contribution in [2.45, 2.75) is 45.2 Å². The highest BCUT2D eigenvalue weighted by molar-refractivity contribution is 5.80. The van der Waals surface area contributed by atoms with Crippen LogP contribution in [0, 0.1) is 13.8 Å². The van der Waals surface area contributed by atoms with Crippen molar-refractivity contribution < 1.29 is 4.79 Å². The first kappa shape index (κ1) is 15.1. The summed E-state index contributed by atoms with van der Waals surface area (Å²) < 4.78 is 0. The van der Waals surface area contributed by atoms with Crippen LogP contribution in [0.1, 0.15) is 30.5 Å². The number of carbonyl (C=O) groups excluding carboxylic acids is 1. The Morgan fingerprint density at radius 3 is 2.75 bits per heavy atom. The van der Waals surface area contributed by atoms with E-state index in [9.17, 15) is 4.79 Å². The van der Waals surface area contributed by atoms with Crippen LogP contribution in [0.4, 0.5) is 5.82 Å². The number of amides is 1. The number of likely N-dealkylation sites (tertiary alicyclic amines) is 1. The van der Waals surface area contributed by atoms with E-state index in [4.69, 9.17) is 0 Å². The maximum atomic E-state index is 12.1. The zero-order valence-electron chi connectivity index (χ0n) is 14.0. The molecule has 24 heavy (non-hydrogen) atoms. The Balaban J connectivity index is 1.58. The fourth-order valence-electron chi connectivity index (χ4n) is 3.14. The average Bonchev–Trinajstić information content (AvgIpc) is 3.36. The number of carbonyl (C=O) groups is 1. The Kier molecular flexibility index (Phi) is 3.67. The summed E-state index contributed by atoms with van der Waals surface area (Å²) in [7, 11) is 0. The molecule has 2 aromatic rings. The third-order valence-electron chi connectivity index (χ3n) is 4.77. The molecule has 0 spiro atoms. The minimum Gasteiger partial charge on any atom is -0.365 e. The van der Waals surface area contributed by atoms with Crippen molar-refractivity contribution in [3.63, 3.8) is 0 Å². The molecular formula is C18H21N5O. The molecule has 1 amide bonds. The van der Waals surface area contributed by atoms with E-state index >= 15 is 0 Å². The van der Waals surface area contributed by atoms with Gasteiger partial charge in [-0.25, -0.2) is 9.97 Å². The second kappa shape index (κ2) is 5.85. The van der Waals surface area contributed by atoms with Gasteiger partial charge in [0.05, 0.1) is 6.04 Å². The SMILES string of the molecule is Cc1nc(-c2ccccn2)nc(NC2CC(=O)N(C3CC3)C2)c1C. The van der Waals surface area contributed by atoms with Gasteiger partial charge in [0, 0.05) is 36.5 Å². The molecule has 1 saturated carbocycles. The van der Waals surface area contributed by atoms with E-state index in [0.717, 1.165) is 42.2 Å². The molecule has 0 bridgehead atoms. The van der Waals surface area contributed by atoms with Crippen LogP contribution in [0.2, 0.25) is 0 Å². The Hall–Kier alpha value is -2.50. The maximum absolute atomic E-state index is 12.1. The number of pyridine rings is 1. The van der Waals surface area contributed by atoms with E-state index in [2.05, 4.69) is 20.3 Å². The molecular weight excluding hydrogens is 302 g/mol. The summed E-state index contributed by atoms with van der Waals surface area (Å²) in [4.78, 5) is 27.7. The van der Waals surface area contributed by atoms with E-state index in [0.29, 0.717) is 18.3 Å². The number of nitrogens with one attached hydrogen (secondary N) is 1. The highest BCUT2D eigenvalue weighted by atomic mass is 16.2. The molecule has 0 aromatic carbocycles. The summed E-state index contributed by atoms with van der Waals surface area (Å²) >= 11 is 0. The van der Waals surface area contributed by atoms with Crippen molar-refractivity contribution in [1.82, 2.24) is 19.9 Å². The van der Waals surface area contributed by atoms with Gasteiger partial charge in [-0.1, -0.05) is 6.07 Å². The third kappa shape index (κ3) is 2.84. The van der Waals surface area contributed by atoms with Crippen LogP contribution in [0.3, 0.4) is 0 Å². The Morgan fingerprint density at radius 2 is 2.04 bits per heavy atom. The lowest BCUT2D eigenvalue weighted by Crippen LogP contribution is -2.30. The van der Waals surface area contributed by atoms with Crippen LogP contribution in [-0.4, -0.2) is 44.4 Å². The van der Waals surface area contributed by atoms with Gasteiger partial charge in [-0.05, 0) is 38.8 Å². The summed E-state index contributed by atoms with van der Waals surface area (Å²) in [6, 6.07) is 6.29. The number of hydrogen-bond donors (Lipinski definition) is 1. The summed E-state index contributed by atoms with van der Waals surface area (Å²) in [5.74, 6) is 1.67. The Morgan fingerprint density at radius 1 is 1.21 bits per heavy atom. The predicted octanol–water partition coefficient (Wildman–Crippen LogP) is 2.33. The van der Waals surface area contributed by atoms with E-state index in [1.54, 1.807) is 6.20 Å². The minimum absolute atomic E-state index is 0.114. The molecule has 1 N–H and O–H groups in total. The van der Waals surface area contributed by atoms with Gasteiger partial charge in [0.25, 0.3) is 0 Å². The van der Waals surface area contributed by atoms with Crippen molar-refractivity contribution in [3.8, 4) is 11.5 Å². The number of anilines is 1. The van der Waals surface area contributed by atoms with Crippen LogP contribution in [0.15, 0.2) is 24.4 Å². The van der Waals surface area contributed by atoms with Crippen LogP contribution in [0.25, 0.3) is 11.5 Å². The van der Waals surface area contributed by atoms with Crippen LogP contribution < -0.4 is 5.32 Å². The van der Waals surface area contributed by atoms with Gasteiger partial charge >= 0.3 is 0 Å². The summed E-state index contributed by atoms with van der Waals surface area (Å²) in [5, 5.41) is 3.46. The van der Waals surface area contributed by atoms with E-state index in [-0.39, 0.29) is 11.9 Å². The molecule has 4 rings (SSSR count). The standard InChI is InChI=1S/C18H21N5O/c1-11-12(2)20-18(15-5-3-4-8-19-15)22-17(11)21-13-9-16(24)23(10-13)14-6-7-14/h3-5,8,13-14H,6-7,9-10H2,1-2H3,(H,20,21,22). The smallest absolute Gasteiger partial charge is 0.225 e. The highest BCUT2D eigenvalue weighted by Crippen LogP contribution is 2.31. The quantitative estimate of drug-likeness (QED) is 0.935. The van der Waals surface area contributed by atoms with Crippen molar-refractivity contribution in [2.24, 2.45) is 0 Å². The van der Waals surface area contributed by atoms with Gasteiger partial charge in [-0.2, -0.15) is 0 Å². The monoisotopic (exact) mass is 323 g/mol. The molecule has 2 aliphatic rings. The molecule has 1 aliphatic heterocycles. The number of rotatable bonds is 4. The second-order valence-electron chi connectivity index (χ2n) is 6.64. The predicted molar refractivity (Wildman–Crippen MR) is 91.5 cm³/mol. The third-order valence-corrected chi connectivity index (χ3v) is 4.77. The molecule has 1 unspecified atom stereocenters. The van der Waals surface area contributed by atoms with Gasteiger partial charge in [-0.3, -0.25) is 9.78 Å². The molecule has 1 atom stereocenters. The molecule has 1 aliphatic carbocycles. The van der Waals surface area contributed by atoms with E-state index in [1.165, 1.54) is 0 Å². The minimum atomic E-state index is 0.114. The van der Waals surface area contributed by atoms with Crippen LogP contribution in [-0.2, 0) is 4.79 Å². The lowest BCUT2D eigenvalue weighted by Gasteiger charge is -2.18. The maximum Gasteiger partial charge on any atom is 0.225 e. The van der Waals surface area contributed by atoms with Crippen LogP contribution in [0.5, 0.6) is 0 Å². The molecule has 6 heteroatoms. The van der Waals surface area contributed by atoms with E-state index in [1.807, 2.05) is 36.9 Å². The molecule has 2 aromatic heterocycles. The lowest BCUT2D eigenvalue weighted by atomic mass is 10.2. The van der Waals surface area contributed by atoms with Gasteiger partial charge < -0.3 is 10.2 Å². The fourth-order valence-corrected chi connectivity index (χ4v) is 3.14. The lowest BCUT2D eigenvalue weighted by molar-refractivity contribution is -0.128. The van der Waals surface area contributed by atoms with Crippen molar-refractivity contribution in [2.75, 3.05) is 11.9 Å². The number of nitrogens with zero attached hydrogens (tertiary/aromatic N) is 4. The summed E-state index contributed by atoms with van der Waals surface area (Å²) in [5.41, 5.74) is 2.70. The molecule has 0 radical (unpaired) electrons. The second-order valence-corrected chi connectivity index (χ2v) is 6.64. The summed E-state index contributed by atoms with van der Waals surface area (Å²) in [6.45, 7) is 4.76. The van der Waals surface area contributed by atoms with Gasteiger partial charge in [0.1, 0.15) is 11.5 Å². The Bertz CT molecular complexity index is 772. The van der Waals surface area contributed by atoms with Gasteiger partial charge in [0.15, 0.2) is 5.82 Å². The zero-order valence-corrected chi connectivity index (χ0v) is 14.0. The number of aromatic nitrogens is 3. The van der Waals surface area contributed by atoms with Crippen molar-refractivity contribution >= 4 is 11.7 Å². The fraction of sp³-hybridized carbons (Fsp3) is 0.444. The first-order valence-electron chi connectivity index (χ1n) is 8.44. The number of hydrogen-bond acceptors (Lipinski definition) is 5. The molecule has 6 nitrogen and oxygen atoms in total. The molecule has 2 fully saturated rings. The Labute approximate surface area is 141 Å². The average molecular weight is 323 g/mol. The first-order chi connectivity index (χ1) is 11.6. The first-order valence-corrected chi connectivity index (χ1v) is 8.44. The van der Waals surface area contributed by atoms with Gasteiger partial charge in [0.2, 0.25) is 5.91 Å². The summed E-state index contributed by atoms with van der Waals surface area (Å²) in [6.07, 6.45) is 4.57. The zero-order chi connectivity index (χ0) is 16.7. The topological polar surface area (TPSA) is 71.0 Å². The molecule has 3 heterocycles. The van der Waals surface area contributed by atoms with Crippen molar-refractivity contribution in [3.05, 3.63) is 35.7 Å². The van der Waals surface area contributed by atoms with E-state index < -0.39 is 0 Å². The number of aryl methyl sites for hydroxylation is 1. The van der Waals surface area contributed by atoms with Gasteiger partial charge in [-0.15, -0.1) is 0 Å². The normalized spacial score (nSPS) is 20.5. The highest BCUT2D eigenvalue weighted by Gasteiger charge is 2.39. The van der Waals surface area contributed by atoms with Crippen LogP contribution >= 0.6 is 0 Å². The van der Waals surface area contributed by atoms with Crippen molar-refractivity contribution in [1.29, 1.82) is 0 Å². The largest absolute Gasteiger partial charge is 0.365 e. The molecule has 1 saturated heterocycles. The molecule has 124 valence electrons.